The minimum absolute atomic E-state index is 0.340. The molecule has 0 radical (unpaired) electrons. The summed E-state index contributed by atoms with van der Waals surface area (Å²) in [4.78, 5) is 16.6. The summed E-state index contributed by atoms with van der Waals surface area (Å²) in [6.45, 7) is 3.70. The topological polar surface area (TPSA) is 79.4 Å². The van der Waals surface area contributed by atoms with E-state index in [0.717, 1.165) is 16.1 Å². The third kappa shape index (κ3) is 4.32. The molecule has 7 heteroatoms. The fraction of sp³-hybridized carbons (Fsp3) is 0.294. The van der Waals surface area contributed by atoms with Gasteiger partial charge in [-0.3, -0.25) is 14.1 Å². The van der Waals surface area contributed by atoms with Gasteiger partial charge in [0.25, 0.3) is 0 Å². The number of nitrogens with one attached hydrogen (secondary N) is 1. The number of hydrogen-bond acceptors (Lipinski definition) is 4. The first-order valence-corrected chi connectivity index (χ1v) is 9.44. The lowest BCUT2D eigenvalue weighted by atomic mass is 10.1. The highest BCUT2D eigenvalue weighted by Gasteiger charge is 2.31. The first-order chi connectivity index (χ1) is 11.3. The first-order valence-electron chi connectivity index (χ1n) is 7.60. The molecule has 128 valence electrons. The predicted octanol–water partition coefficient (Wildman–Crippen LogP) is 2.57. The maximum absolute atomic E-state index is 12.6. The molecule has 0 unspecified atom stereocenters. The molecule has 1 aromatic heterocycles. The fourth-order valence-corrected chi connectivity index (χ4v) is 3.63. The molecule has 24 heavy (non-hydrogen) atoms. The van der Waals surface area contributed by atoms with Crippen molar-refractivity contribution in [1.29, 1.82) is 0 Å². The second-order valence-corrected chi connectivity index (χ2v) is 7.41. The van der Waals surface area contributed by atoms with Crippen molar-refractivity contribution in [2.45, 2.75) is 26.3 Å². The lowest BCUT2D eigenvalue weighted by Crippen LogP contribution is -2.47. The summed E-state index contributed by atoms with van der Waals surface area (Å²) in [5.41, 5.74) is 2.01. The molecule has 6 nitrogen and oxygen atoms in total. The van der Waals surface area contributed by atoms with E-state index in [0.29, 0.717) is 17.8 Å². The van der Waals surface area contributed by atoms with E-state index in [2.05, 4.69) is 10.3 Å². The monoisotopic (exact) mass is 347 g/mol. The van der Waals surface area contributed by atoms with Gasteiger partial charge in [-0.2, -0.15) is 0 Å². The van der Waals surface area contributed by atoms with Crippen molar-refractivity contribution in [3.63, 3.8) is 0 Å². The van der Waals surface area contributed by atoms with Gasteiger partial charge in [0.2, 0.25) is 15.9 Å². The van der Waals surface area contributed by atoms with Crippen LogP contribution in [0, 0.1) is 6.92 Å². The van der Waals surface area contributed by atoms with Crippen LogP contribution < -0.4 is 9.62 Å². The van der Waals surface area contributed by atoms with Crippen LogP contribution in [0.4, 0.5) is 11.4 Å². The average molecular weight is 347 g/mol. The van der Waals surface area contributed by atoms with Crippen LogP contribution in [0.5, 0.6) is 0 Å². The van der Waals surface area contributed by atoms with E-state index in [-0.39, 0.29) is 0 Å². The predicted molar refractivity (Wildman–Crippen MR) is 95.4 cm³/mol. The van der Waals surface area contributed by atoms with Gasteiger partial charge in [-0.1, -0.05) is 24.6 Å². The van der Waals surface area contributed by atoms with Crippen molar-refractivity contribution in [2.75, 3.05) is 15.9 Å². The zero-order chi connectivity index (χ0) is 17.7. The van der Waals surface area contributed by atoms with E-state index in [9.17, 15) is 13.2 Å². The summed E-state index contributed by atoms with van der Waals surface area (Å²) in [6, 6.07) is 9.60. The number of carbonyl (C=O) groups is 1. The van der Waals surface area contributed by atoms with Crippen molar-refractivity contribution < 1.29 is 13.2 Å². The number of nitrogens with zero attached hydrogens (tertiary/aromatic N) is 2. The van der Waals surface area contributed by atoms with Gasteiger partial charge in [-0.15, -0.1) is 0 Å². The van der Waals surface area contributed by atoms with E-state index in [1.165, 1.54) is 6.20 Å². The Balaban J connectivity index is 2.35. The Hall–Kier alpha value is -2.41. The molecule has 0 saturated heterocycles. The maximum Gasteiger partial charge on any atom is 0.248 e. The van der Waals surface area contributed by atoms with Gasteiger partial charge in [0.1, 0.15) is 6.04 Å². The summed E-state index contributed by atoms with van der Waals surface area (Å²) in [6.07, 6.45) is 4.56. The van der Waals surface area contributed by atoms with Gasteiger partial charge in [-0.25, -0.2) is 8.42 Å². The van der Waals surface area contributed by atoms with Gasteiger partial charge in [0, 0.05) is 6.20 Å². The van der Waals surface area contributed by atoms with Crippen molar-refractivity contribution in [2.24, 2.45) is 0 Å². The molecule has 0 bridgehead atoms. The number of carbonyl (C=O) groups excluding carboxylic acids is 1. The van der Waals surface area contributed by atoms with E-state index >= 15 is 0 Å². The average Bonchev–Trinajstić information content (AvgIpc) is 2.53. The number of aromatic nitrogens is 1. The van der Waals surface area contributed by atoms with Crippen molar-refractivity contribution in [3.05, 3.63) is 54.4 Å². The largest absolute Gasteiger partial charge is 0.323 e. The maximum atomic E-state index is 12.6. The Kier molecular flexibility index (Phi) is 5.56. The number of rotatable bonds is 6. The molecule has 0 aliphatic carbocycles. The van der Waals surface area contributed by atoms with Gasteiger partial charge in [-0.05, 0) is 37.6 Å². The lowest BCUT2D eigenvalue weighted by Gasteiger charge is -2.30. The second-order valence-electron chi connectivity index (χ2n) is 5.55. The number of pyridine rings is 1. The first kappa shape index (κ1) is 17.9. The van der Waals surface area contributed by atoms with Crippen LogP contribution in [-0.4, -0.2) is 31.6 Å². The van der Waals surface area contributed by atoms with Crippen LogP contribution in [0.3, 0.4) is 0 Å². The summed E-state index contributed by atoms with van der Waals surface area (Å²) >= 11 is 0. The Bertz CT molecular complexity index is 790. The molecular formula is C17H21N3O3S. The number of benzene rings is 1. The summed E-state index contributed by atoms with van der Waals surface area (Å²) in [5, 5.41) is 2.72. The molecule has 2 aromatic rings. The van der Waals surface area contributed by atoms with Crippen LogP contribution in [0.2, 0.25) is 0 Å². The highest BCUT2D eigenvalue weighted by molar-refractivity contribution is 7.92. The summed E-state index contributed by atoms with van der Waals surface area (Å²) in [5.74, 6) is -0.392. The molecule has 0 fully saturated rings. The Morgan fingerprint density at radius 1 is 1.25 bits per heavy atom. The number of aryl methyl sites for hydroxylation is 1. The number of amides is 1. The van der Waals surface area contributed by atoms with Gasteiger partial charge >= 0.3 is 0 Å². The normalized spacial score (nSPS) is 12.5. The standard InChI is InChI=1S/C17H21N3O3S/c1-4-16(17(21)19-14-6-5-11-18-12-14)20(24(3,22)23)15-9-7-13(2)8-10-15/h5-12,16H,4H2,1-3H3,(H,19,21)/t16-/m1/s1. The van der Waals surface area contributed by atoms with E-state index in [4.69, 9.17) is 0 Å². The summed E-state index contributed by atoms with van der Waals surface area (Å²) < 4.78 is 25.8. The molecular weight excluding hydrogens is 326 g/mol. The number of anilines is 2. The van der Waals surface area contributed by atoms with E-state index < -0.39 is 22.0 Å². The number of hydrogen-bond donors (Lipinski definition) is 1. The molecule has 2 rings (SSSR count). The van der Waals surface area contributed by atoms with Crippen molar-refractivity contribution in [1.82, 2.24) is 4.98 Å². The van der Waals surface area contributed by atoms with Crippen molar-refractivity contribution >= 4 is 27.3 Å². The number of sulfonamides is 1. The fourth-order valence-electron chi connectivity index (χ4n) is 2.41. The highest BCUT2D eigenvalue weighted by atomic mass is 32.2. The minimum atomic E-state index is -3.62. The van der Waals surface area contributed by atoms with E-state index in [1.807, 2.05) is 19.1 Å². The lowest BCUT2D eigenvalue weighted by molar-refractivity contribution is -0.117. The Morgan fingerprint density at radius 2 is 1.92 bits per heavy atom. The van der Waals surface area contributed by atoms with Gasteiger partial charge in [0.15, 0.2) is 0 Å². The van der Waals surface area contributed by atoms with Crippen LogP contribution >= 0.6 is 0 Å². The molecule has 1 heterocycles. The van der Waals surface area contributed by atoms with Crippen LogP contribution in [0.1, 0.15) is 18.9 Å². The Labute approximate surface area is 142 Å². The molecule has 1 N–H and O–H groups in total. The zero-order valence-corrected chi connectivity index (χ0v) is 14.7. The minimum Gasteiger partial charge on any atom is -0.323 e. The van der Waals surface area contributed by atoms with Crippen LogP contribution in [-0.2, 0) is 14.8 Å². The highest BCUT2D eigenvalue weighted by Crippen LogP contribution is 2.23. The van der Waals surface area contributed by atoms with E-state index in [1.54, 1.807) is 37.4 Å². The smallest absolute Gasteiger partial charge is 0.248 e. The second kappa shape index (κ2) is 7.44. The van der Waals surface area contributed by atoms with Crippen molar-refractivity contribution in [3.8, 4) is 0 Å². The molecule has 1 atom stereocenters. The zero-order valence-electron chi connectivity index (χ0n) is 13.9. The van der Waals surface area contributed by atoms with Crippen LogP contribution in [0.25, 0.3) is 0 Å². The van der Waals surface area contributed by atoms with Gasteiger partial charge < -0.3 is 5.32 Å². The Morgan fingerprint density at radius 3 is 2.42 bits per heavy atom. The molecule has 1 aromatic carbocycles. The quantitative estimate of drug-likeness (QED) is 0.871. The molecule has 0 aliphatic rings. The molecule has 0 saturated carbocycles. The third-order valence-corrected chi connectivity index (χ3v) is 4.73. The SMILES string of the molecule is CC[C@H](C(=O)Nc1cccnc1)N(c1ccc(C)cc1)S(C)(=O)=O. The van der Waals surface area contributed by atoms with Gasteiger partial charge in [0.05, 0.1) is 23.8 Å². The molecule has 1 amide bonds. The third-order valence-electron chi connectivity index (χ3n) is 3.55. The van der Waals surface area contributed by atoms with Crippen LogP contribution in [0.15, 0.2) is 48.8 Å². The molecule has 0 spiro atoms. The molecule has 0 aliphatic heterocycles. The summed E-state index contributed by atoms with van der Waals surface area (Å²) in [7, 11) is -3.62.